The minimum Gasteiger partial charge on any atom is -0.381 e. The van der Waals surface area contributed by atoms with Gasteiger partial charge in [0.1, 0.15) is 0 Å². The van der Waals surface area contributed by atoms with Gasteiger partial charge in [-0.15, -0.1) is 0 Å². The molecule has 2 rings (SSSR count). The normalized spacial score (nSPS) is 26.8. The van der Waals surface area contributed by atoms with Crippen molar-refractivity contribution in [2.24, 2.45) is 0 Å². The highest BCUT2D eigenvalue weighted by atomic mass is 16.5. The first-order valence-electron chi connectivity index (χ1n) is 5.27. The lowest BCUT2D eigenvalue weighted by atomic mass is 9.79. The molecule has 0 aromatic heterocycles. The second-order valence-electron chi connectivity index (χ2n) is 4.68. The van der Waals surface area contributed by atoms with E-state index in [2.05, 4.69) is 39.0 Å². The van der Waals surface area contributed by atoms with Gasteiger partial charge in [0, 0.05) is 12.0 Å². The first-order valence-corrected chi connectivity index (χ1v) is 5.27. The molecule has 0 spiro atoms. The molecule has 1 unspecified atom stereocenters. The van der Waals surface area contributed by atoms with Crippen LogP contribution in [0.5, 0.6) is 0 Å². The maximum absolute atomic E-state index is 5.50. The van der Waals surface area contributed by atoms with Gasteiger partial charge in [-0.3, -0.25) is 0 Å². The molecule has 1 heterocycles. The Morgan fingerprint density at radius 2 is 2.07 bits per heavy atom. The Morgan fingerprint density at radius 3 is 2.64 bits per heavy atom. The van der Waals surface area contributed by atoms with Gasteiger partial charge in [-0.25, -0.2) is 0 Å². The van der Waals surface area contributed by atoms with Gasteiger partial charge in [0.05, 0.1) is 6.61 Å². The van der Waals surface area contributed by atoms with Crippen LogP contribution in [-0.4, -0.2) is 13.2 Å². The summed E-state index contributed by atoms with van der Waals surface area (Å²) in [5.41, 5.74) is 4.45. The van der Waals surface area contributed by atoms with Crippen LogP contribution in [0.25, 0.3) is 0 Å². The third-order valence-electron chi connectivity index (χ3n) is 3.25. The number of hydrogen-bond acceptors (Lipinski definition) is 1. The van der Waals surface area contributed by atoms with Crippen molar-refractivity contribution in [2.45, 2.75) is 32.6 Å². The van der Waals surface area contributed by atoms with Crippen molar-refractivity contribution in [1.82, 2.24) is 0 Å². The van der Waals surface area contributed by atoms with E-state index in [1.54, 1.807) is 0 Å². The molecule has 0 radical (unpaired) electrons. The number of aryl methyl sites for hydroxylation is 2. The molecular formula is C13H18O. The lowest BCUT2D eigenvalue weighted by Gasteiger charge is -2.24. The number of hydrogen-bond donors (Lipinski definition) is 0. The second-order valence-corrected chi connectivity index (χ2v) is 4.68. The highest BCUT2D eigenvalue weighted by Gasteiger charge is 2.32. The first kappa shape index (κ1) is 9.72. The summed E-state index contributed by atoms with van der Waals surface area (Å²) < 4.78 is 5.50. The molecule has 1 aliphatic rings. The van der Waals surface area contributed by atoms with E-state index in [-0.39, 0.29) is 5.41 Å². The van der Waals surface area contributed by atoms with Crippen molar-refractivity contribution < 1.29 is 4.74 Å². The van der Waals surface area contributed by atoms with E-state index in [0.717, 1.165) is 19.6 Å². The van der Waals surface area contributed by atoms with Crippen LogP contribution in [0.2, 0.25) is 0 Å². The molecule has 14 heavy (non-hydrogen) atoms. The fourth-order valence-electron chi connectivity index (χ4n) is 2.37. The molecule has 1 nitrogen and oxygen atoms in total. The van der Waals surface area contributed by atoms with E-state index in [4.69, 9.17) is 4.74 Å². The van der Waals surface area contributed by atoms with E-state index >= 15 is 0 Å². The van der Waals surface area contributed by atoms with E-state index in [0.29, 0.717) is 0 Å². The van der Waals surface area contributed by atoms with Gasteiger partial charge in [-0.2, -0.15) is 0 Å². The standard InChI is InChI=1S/C13H18O/c1-10-4-5-12(11(2)8-10)13(3)6-7-14-9-13/h4-5,8H,6-7,9H2,1-3H3. The maximum Gasteiger partial charge on any atom is 0.0561 e. The van der Waals surface area contributed by atoms with Gasteiger partial charge in [-0.05, 0) is 31.4 Å². The minimum absolute atomic E-state index is 0.248. The molecule has 0 aliphatic carbocycles. The van der Waals surface area contributed by atoms with Crippen molar-refractivity contribution in [2.75, 3.05) is 13.2 Å². The van der Waals surface area contributed by atoms with Crippen molar-refractivity contribution in [1.29, 1.82) is 0 Å². The van der Waals surface area contributed by atoms with Crippen molar-refractivity contribution in [3.8, 4) is 0 Å². The minimum atomic E-state index is 0.248. The highest BCUT2D eigenvalue weighted by Crippen LogP contribution is 2.34. The van der Waals surface area contributed by atoms with Crippen LogP contribution in [0.4, 0.5) is 0 Å². The first-order chi connectivity index (χ1) is 6.62. The van der Waals surface area contributed by atoms with Crippen molar-refractivity contribution in [3.05, 3.63) is 34.9 Å². The topological polar surface area (TPSA) is 9.23 Å². The summed E-state index contributed by atoms with van der Waals surface area (Å²) in [4.78, 5) is 0. The predicted octanol–water partition coefficient (Wildman–Crippen LogP) is 2.98. The number of benzene rings is 1. The summed E-state index contributed by atoms with van der Waals surface area (Å²) in [7, 11) is 0. The number of rotatable bonds is 1. The Kier molecular flexibility index (Phi) is 2.36. The average molecular weight is 190 g/mol. The Labute approximate surface area is 86.1 Å². The quantitative estimate of drug-likeness (QED) is 0.661. The Bertz CT molecular complexity index is 335. The Morgan fingerprint density at radius 1 is 1.29 bits per heavy atom. The zero-order valence-electron chi connectivity index (χ0n) is 9.26. The van der Waals surface area contributed by atoms with Gasteiger partial charge >= 0.3 is 0 Å². The average Bonchev–Trinajstić information content (AvgIpc) is 2.52. The molecule has 0 amide bonds. The van der Waals surface area contributed by atoms with Crippen LogP contribution in [0.3, 0.4) is 0 Å². The molecule has 0 N–H and O–H groups in total. The van der Waals surface area contributed by atoms with E-state index < -0.39 is 0 Å². The molecule has 76 valence electrons. The van der Waals surface area contributed by atoms with Gasteiger partial charge in [0.25, 0.3) is 0 Å². The van der Waals surface area contributed by atoms with Crippen LogP contribution >= 0.6 is 0 Å². The molecular weight excluding hydrogens is 172 g/mol. The lowest BCUT2D eigenvalue weighted by molar-refractivity contribution is 0.180. The van der Waals surface area contributed by atoms with Crippen LogP contribution in [0.15, 0.2) is 18.2 Å². The molecule has 1 saturated heterocycles. The van der Waals surface area contributed by atoms with E-state index in [9.17, 15) is 0 Å². The SMILES string of the molecule is Cc1ccc(C2(C)CCOC2)c(C)c1. The van der Waals surface area contributed by atoms with Crippen LogP contribution in [0.1, 0.15) is 30.0 Å². The van der Waals surface area contributed by atoms with Gasteiger partial charge in [0.2, 0.25) is 0 Å². The fraction of sp³-hybridized carbons (Fsp3) is 0.538. The zero-order chi connectivity index (χ0) is 10.2. The maximum atomic E-state index is 5.50. The van der Waals surface area contributed by atoms with Gasteiger partial charge in [0.15, 0.2) is 0 Å². The lowest BCUT2D eigenvalue weighted by Crippen LogP contribution is -2.22. The summed E-state index contributed by atoms with van der Waals surface area (Å²) in [6.45, 7) is 8.43. The molecule has 1 atom stereocenters. The summed E-state index contributed by atoms with van der Waals surface area (Å²) in [5.74, 6) is 0. The highest BCUT2D eigenvalue weighted by molar-refractivity contribution is 5.36. The fourth-order valence-corrected chi connectivity index (χ4v) is 2.37. The molecule has 0 bridgehead atoms. The van der Waals surface area contributed by atoms with Crippen LogP contribution in [-0.2, 0) is 10.2 Å². The van der Waals surface area contributed by atoms with E-state index in [1.165, 1.54) is 16.7 Å². The van der Waals surface area contributed by atoms with Crippen molar-refractivity contribution >= 4 is 0 Å². The Hall–Kier alpha value is -0.820. The molecule has 1 aromatic rings. The summed E-state index contributed by atoms with van der Waals surface area (Å²) in [5, 5.41) is 0. The Balaban J connectivity index is 2.40. The number of ether oxygens (including phenoxy) is 1. The molecule has 1 heteroatoms. The van der Waals surface area contributed by atoms with Crippen molar-refractivity contribution in [3.63, 3.8) is 0 Å². The third kappa shape index (κ3) is 1.57. The van der Waals surface area contributed by atoms with Gasteiger partial charge in [-0.1, -0.05) is 30.7 Å². The van der Waals surface area contributed by atoms with Crippen LogP contribution in [0, 0.1) is 13.8 Å². The second kappa shape index (κ2) is 3.39. The smallest absolute Gasteiger partial charge is 0.0561 e. The summed E-state index contributed by atoms with van der Waals surface area (Å²) >= 11 is 0. The summed E-state index contributed by atoms with van der Waals surface area (Å²) in [6.07, 6.45) is 1.15. The molecule has 1 aromatic carbocycles. The predicted molar refractivity (Wildman–Crippen MR) is 58.7 cm³/mol. The molecule has 0 saturated carbocycles. The molecule has 1 fully saturated rings. The van der Waals surface area contributed by atoms with Crippen LogP contribution < -0.4 is 0 Å². The van der Waals surface area contributed by atoms with Gasteiger partial charge < -0.3 is 4.74 Å². The zero-order valence-corrected chi connectivity index (χ0v) is 9.26. The third-order valence-corrected chi connectivity index (χ3v) is 3.25. The molecule has 1 aliphatic heterocycles. The van der Waals surface area contributed by atoms with E-state index in [1.807, 2.05) is 0 Å². The summed E-state index contributed by atoms with van der Waals surface area (Å²) in [6, 6.07) is 6.73. The monoisotopic (exact) mass is 190 g/mol. The largest absolute Gasteiger partial charge is 0.381 e.